The van der Waals surface area contributed by atoms with Crippen molar-refractivity contribution in [1.29, 1.82) is 0 Å². The minimum atomic E-state index is 0.0594. The van der Waals surface area contributed by atoms with Gasteiger partial charge < -0.3 is 18.9 Å². The van der Waals surface area contributed by atoms with Crippen LogP contribution < -0.4 is 4.74 Å². The Morgan fingerprint density at radius 1 is 0.808 bits per heavy atom. The Morgan fingerprint density at radius 2 is 1.54 bits per heavy atom. The highest BCUT2D eigenvalue weighted by atomic mass is 16.6. The second-order valence-electron chi connectivity index (χ2n) is 6.24. The summed E-state index contributed by atoms with van der Waals surface area (Å²) in [6, 6.07) is 14.5. The first-order chi connectivity index (χ1) is 12.8. The van der Waals surface area contributed by atoms with Crippen LogP contribution in [0.1, 0.15) is 33.1 Å². The van der Waals surface area contributed by atoms with Gasteiger partial charge in [-0.25, -0.2) is 0 Å². The van der Waals surface area contributed by atoms with E-state index in [9.17, 15) is 0 Å². The minimum Gasteiger partial charge on any atom is -0.487 e. The summed E-state index contributed by atoms with van der Waals surface area (Å²) < 4.78 is 22.8. The lowest BCUT2D eigenvalue weighted by Gasteiger charge is -2.20. The zero-order chi connectivity index (χ0) is 18.5. The average Bonchev–Trinajstić information content (AvgIpc) is 2.68. The first kappa shape index (κ1) is 20.7. The smallest absolute Gasteiger partial charge is 0.127 e. The molecule has 0 aliphatic heterocycles. The van der Waals surface area contributed by atoms with Crippen LogP contribution in [-0.4, -0.2) is 45.7 Å². The fourth-order valence-electron chi connectivity index (χ4n) is 2.78. The van der Waals surface area contributed by atoms with Crippen molar-refractivity contribution in [3.05, 3.63) is 42.5 Å². The molecule has 4 heteroatoms. The Hall–Kier alpha value is -1.62. The molecular weight excluding hydrogens is 328 g/mol. The number of rotatable bonds is 14. The van der Waals surface area contributed by atoms with E-state index < -0.39 is 0 Å². The van der Waals surface area contributed by atoms with Gasteiger partial charge in [-0.1, -0.05) is 49.7 Å². The summed E-state index contributed by atoms with van der Waals surface area (Å²) in [5, 5.41) is 2.35. The summed E-state index contributed by atoms with van der Waals surface area (Å²) in [5.74, 6) is 0.931. The summed E-state index contributed by atoms with van der Waals surface area (Å²) in [7, 11) is 0. The number of hydrogen-bond acceptors (Lipinski definition) is 4. The van der Waals surface area contributed by atoms with Gasteiger partial charge in [0.2, 0.25) is 0 Å². The molecule has 2 aromatic rings. The van der Waals surface area contributed by atoms with Gasteiger partial charge in [-0.15, -0.1) is 0 Å². The molecule has 2 aromatic carbocycles. The molecule has 0 spiro atoms. The van der Waals surface area contributed by atoms with Crippen LogP contribution in [0.5, 0.6) is 5.75 Å². The van der Waals surface area contributed by atoms with E-state index in [0.717, 1.165) is 37.0 Å². The molecule has 0 saturated carbocycles. The fraction of sp³-hybridized carbons (Fsp3) is 0.545. The highest BCUT2D eigenvalue weighted by Gasteiger charge is 2.12. The Bertz CT molecular complexity index is 609. The van der Waals surface area contributed by atoms with Crippen molar-refractivity contribution >= 4 is 10.8 Å². The number of unbranched alkanes of at least 4 members (excludes halogenated alkanes) is 1. The van der Waals surface area contributed by atoms with Gasteiger partial charge in [-0.05, 0) is 31.2 Å². The van der Waals surface area contributed by atoms with Gasteiger partial charge >= 0.3 is 0 Å². The zero-order valence-corrected chi connectivity index (χ0v) is 16.1. The molecule has 0 aliphatic rings. The third-order valence-electron chi connectivity index (χ3n) is 4.17. The molecule has 0 bridgehead atoms. The van der Waals surface area contributed by atoms with Crippen LogP contribution in [0, 0.1) is 0 Å². The van der Waals surface area contributed by atoms with Crippen LogP contribution in [0.15, 0.2) is 42.5 Å². The van der Waals surface area contributed by atoms with Crippen molar-refractivity contribution < 1.29 is 18.9 Å². The van der Waals surface area contributed by atoms with E-state index in [4.69, 9.17) is 18.9 Å². The van der Waals surface area contributed by atoms with Crippen LogP contribution in [0.2, 0.25) is 0 Å². The molecule has 144 valence electrons. The normalized spacial score (nSPS) is 12.4. The second-order valence-corrected chi connectivity index (χ2v) is 6.24. The maximum Gasteiger partial charge on any atom is 0.127 e. The molecule has 2 rings (SSSR count). The summed E-state index contributed by atoms with van der Waals surface area (Å²) in [6.45, 7) is 7.90. The van der Waals surface area contributed by atoms with Crippen molar-refractivity contribution in [1.82, 2.24) is 0 Å². The van der Waals surface area contributed by atoms with Crippen molar-refractivity contribution in [3.8, 4) is 5.75 Å². The largest absolute Gasteiger partial charge is 0.487 e. The Balaban J connectivity index is 1.81. The fourth-order valence-corrected chi connectivity index (χ4v) is 2.78. The van der Waals surface area contributed by atoms with Crippen molar-refractivity contribution in [3.63, 3.8) is 0 Å². The van der Waals surface area contributed by atoms with E-state index in [1.165, 1.54) is 5.39 Å². The first-order valence-electron chi connectivity index (χ1n) is 9.72. The number of benzene rings is 2. The van der Waals surface area contributed by atoms with Gasteiger partial charge in [0.1, 0.15) is 11.9 Å². The predicted molar refractivity (Wildman–Crippen MR) is 106 cm³/mol. The van der Waals surface area contributed by atoms with Crippen LogP contribution in [0.25, 0.3) is 10.8 Å². The Morgan fingerprint density at radius 3 is 2.35 bits per heavy atom. The highest BCUT2D eigenvalue weighted by Crippen LogP contribution is 2.26. The minimum absolute atomic E-state index is 0.0594. The van der Waals surface area contributed by atoms with E-state index in [-0.39, 0.29) is 6.10 Å². The first-order valence-corrected chi connectivity index (χ1v) is 9.72. The van der Waals surface area contributed by atoms with Crippen LogP contribution in [0.3, 0.4) is 0 Å². The molecule has 0 heterocycles. The van der Waals surface area contributed by atoms with Crippen molar-refractivity contribution in [2.45, 2.75) is 39.2 Å². The summed E-state index contributed by atoms with van der Waals surface area (Å²) in [6.07, 6.45) is 3.33. The van der Waals surface area contributed by atoms with E-state index >= 15 is 0 Å². The van der Waals surface area contributed by atoms with Gasteiger partial charge in [-0.2, -0.15) is 0 Å². The van der Waals surface area contributed by atoms with Gasteiger partial charge in [0.25, 0.3) is 0 Å². The Kier molecular flexibility index (Phi) is 10.1. The standard InChI is InChI=1S/C22H32O4/c1-3-5-11-20(18-25-17-16-24-15-14-23-4-2)26-22-13-8-10-19-9-6-7-12-21(19)22/h6-10,12-13,20H,3-5,11,14-18H2,1-2H3. The third-order valence-corrected chi connectivity index (χ3v) is 4.17. The molecule has 1 unspecified atom stereocenters. The van der Waals surface area contributed by atoms with E-state index in [0.29, 0.717) is 33.0 Å². The topological polar surface area (TPSA) is 36.9 Å². The van der Waals surface area contributed by atoms with Crippen LogP contribution >= 0.6 is 0 Å². The maximum absolute atomic E-state index is 6.30. The SMILES string of the molecule is CCCCC(COCCOCCOCC)Oc1cccc2ccccc12. The molecule has 0 aliphatic carbocycles. The second kappa shape index (κ2) is 12.7. The molecule has 0 N–H and O–H groups in total. The maximum atomic E-state index is 6.30. The lowest BCUT2D eigenvalue weighted by molar-refractivity contribution is -0.00481. The average molecular weight is 360 g/mol. The molecule has 4 nitrogen and oxygen atoms in total. The quantitative estimate of drug-likeness (QED) is 0.451. The van der Waals surface area contributed by atoms with E-state index in [1.807, 2.05) is 25.1 Å². The lowest BCUT2D eigenvalue weighted by atomic mass is 10.1. The Labute approximate surface area is 157 Å². The third kappa shape index (κ3) is 7.32. The summed E-state index contributed by atoms with van der Waals surface area (Å²) >= 11 is 0. The van der Waals surface area contributed by atoms with Crippen molar-refractivity contribution in [2.24, 2.45) is 0 Å². The summed E-state index contributed by atoms with van der Waals surface area (Å²) in [5.41, 5.74) is 0. The molecular formula is C22H32O4. The van der Waals surface area contributed by atoms with Crippen LogP contribution in [-0.2, 0) is 14.2 Å². The molecule has 0 fully saturated rings. The van der Waals surface area contributed by atoms with Gasteiger partial charge in [0.15, 0.2) is 0 Å². The molecule has 0 amide bonds. The lowest BCUT2D eigenvalue weighted by Crippen LogP contribution is -2.24. The number of ether oxygens (including phenoxy) is 4. The molecule has 26 heavy (non-hydrogen) atoms. The van der Waals surface area contributed by atoms with Gasteiger partial charge in [0, 0.05) is 12.0 Å². The number of hydrogen-bond donors (Lipinski definition) is 0. The van der Waals surface area contributed by atoms with Gasteiger partial charge in [0.05, 0.1) is 33.0 Å². The molecule has 0 saturated heterocycles. The zero-order valence-electron chi connectivity index (χ0n) is 16.1. The monoisotopic (exact) mass is 360 g/mol. The predicted octanol–water partition coefficient (Wildman–Crippen LogP) is 4.85. The summed E-state index contributed by atoms with van der Waals surface area (Å²) in [4.78, 5) is 0. The number of fused-ring (bicyclic) bond motifs is 1. The molecule has 0 aromatic heterocycles. The molecule has 1 atom stereocenters. The molecule has 0 radical (unpaired) electrons. The highest BCUT2D eigenvalue weighted by molar-refractivity contribution is 5.88. The van der Waals surface area contributed by atoms with Crippen molar-refractivity contribution in [2.75, 3.05) is 39.6 Å². The van der Waals surface area contributed by atoms with E-state index in [1.54, 1.807) is 0 Å². The van der Waals surface area contributed by atoms with Crippen LogP contribution in [0.4, 0.5) is 0 Å². The van der Waals surface area contributed by atoms with E-state index in [2.05, 4.69) is 31.2 Å². The van der Waals surface area contributed by atoms with Gasteiger partial charge in [-0.3, -0.25) is 0 Å².